The molecule has 0 atom stereocenters. The predicted octanol–water partition coefficient (Wildman–Crippen LogP) is 4.41. The number of aromatic nitrogens is 3. The zero-order chi connectivity index (χ0) is 22.0. The zero-order valence-corrected chi connectivity index (χ0v) is 17.7. The number of carbonyl (C=O) groups is 1. The van der Waals surface area contributed by atoms with E-state index in [-0.39, 0.29) is 17.9 Å². The Morgan fingerprint density at radius 2 is 2.16 bits per heavy atom. The minimum atomic E-state index is -0.555. The van der Waals surface area contributed by atoms with Crippen LogP contribution in [0.15, 0.2) is 48.0 Å². The van der Waals surface area contributed by atoms with Crippen LogP contribution < -0.4 is 10.1 Å². The van der Waals surface area contributed by atoms with Gasteiger partial charge in [-0.25, -0.2) is 9.67 Å². The Labute approximate surface area is 181 Å². The van der Waals surface area contributed by atoms with Crippen LogP contribution >= 0.6 is 11.3 Å². The number of hydrogen-bond donors (Lipinski definition) is 1. The van der Waals surface area contributed by atoms with Crippen LogP contribution in [0.4, 0.5) is 11.4 Å². The maximum Gasteiger partial charge on any atom is 0.296 e. The van der Waals surface area contributed by atoms with E-state index in [9.17, 15) is 14.9 Å². The van der Waals surface area contributed by atoms with Crippen LogP contribution in [0.3, 0.4) is 0 Å². The van der Waals surface area contributed by atoms with E-state index >= 15 is 0 Å². The van der Waals surface area contributed by atoms with E-state index < -0.39 is 10.8 Å². The molecule has 0 aliphatic carbocycles. The summed E-state index contributed by atoms with van der Waals surface area (Å²) in [5.74, 6) is -0.0776. The van der Waals surface area contributed by atoms with Crippen LogP contribution in [0, 0.1) is 17.0 Å². The summed E-state index contributed by atoms with van der Waals surface area (Å²) >= 11 is 1.62. The molecule has 0 saturated heterocycles. The molecular formula is C21H19N5O4S. The quantitative estimate of drug-likeness (QED) is 0.338. The molecule has 9 nitrogen and oxygen atoms in total. The lowest BCUT2D eigenvalue weighted by Crippen LogP contribution is -2.20. The van der Waals surface area contributed by atoms with Crippen molar-refractivity contribution in [1.29, 1.82) is 0 Å². The lowest BCUT2D eigenvalue weighted by molar-refractivity contribution is -0.384. The van der Waals surface area contributed by atoms with Crippen LogP contribution in [-0.2, 0) is 11.3 Å². The molecule has 4 rings (SSSR count). The van der Waals surface area contributed by atoms with Gasteiger partial charge in [-0.3, -0.25) is 14.9 Å². The Hall–Kier alpha value is -3.79. The topological polar surface area (TPSA) is 112 Å². The van der Waals surface area contributed by atoms with Gasteiger partial charge in [-0.05, 0) is 43.5 Å². The second kappa shape index (κ2) is 8.52. The second-order valence-electron chi connectivity index (χ2n) is 6.69. The van der Waals surface area contributed by atoms with E-state index in [1.165, 1.54) is 16.8 Å². The van der Waals surface area contributed by atoms with Crippen LogP contribution in [-0.4, -0.2) is 32.2 Å². The first-order chi connectivity index (χ1) is 15.0. The molecule has 1 N–H and O–H groups in total. The smallest absolute Gasteiger partial charge is 0.296 e. The Kier molecular flexibility index (Phi) is 5.63. The van der Waals surface area contributed by atoms with Gasteiger partial charge in [-0.15, -0.1) is 11.3 Å². The number of nitro groups is 1. The van der Waals surface area contributed by atoms with E-state index in [4.69, 9.17) is 4.74 Å². The van der Waals surface area contributed by atoms with E-state index in [1.807, 2.05) is 30.5 Å². The Morgan fingerprint density at radius 3 is 2.87 bits per heavy atom. The number of hydrogen-bond acceptors (Lipinski definition) is 7. The number of pyridine rings is 1. The van der Waals surface area contributed by atoms with Gasteiger partial charge >= 0.3 is 0 Å². The number of nitrogens with zero attached hydrogens (tertiary/aromatic N) is 4. The van der Waals surface area contributed by atoms with Crippen LogP contribution in [0.2, 0.25) is 0 Å². The third-order valence-electron chi connectivity index (χ3n) is 4.64. The van der Waals surface area contributed by atoms with E-state index in [1.54, 1.807) is 30.5 Å². The minimum Gasteiger partial charge on any atom is -0.494 e. The first kappa shape index (κ1) is 20.5. The summed E-state index contributed by atoms with van der Waals surface area (Å²) in [4.78, 5) is 29.0. The number of carbonyl (C=O) groups excluding carboxylic acids is 1. The van der Waals surface area contributed by atoms with Gasteiger partial charge < -0.3 is 10.1 Å². The van der Waals surface area contributed by atoms with Crippen molar-refractivity contribution in [3.8, 4) is 16.2 Å². The SMILES string of the molecule is CCOc1ccc(NC(=O)Cn2nc(C)c3c(-c4cccs4)ccnc32)c([N+](=O)[O-])c1. The van der Waals surface area contributed by atoms with E-state index in [0.29, 0.717) is 18.0 Å². The Bertz CT molecular complexity index is 1270. The van der Waals surface area contributed by atoms with Crippen molar-refractivity contribution in [3.63, 3.8) is 0 Å². The summed E-state index contributed by atoms with van der Waals surface area (Å²) in [6.07, 6.45) is 1.68. The molecule has 0 unspecified atom stereocenters. The fraction of sp³-hybridized carbons (Fsp3) is 0.190. The zero-order valence-electron chi connectivity index (χ0n) is 16.9. The third kappa shape index (κ3) is 4.10. The Morgan fingerprint density at radius 1 is 1.32 bits per heavy atom. The van der Waals surface area contributed by atoms with Gasteiger partial charge in [-0.2, -0.15) is 5.10 Å². The van der Waals surface area contributed by atoms with Crippen molar-refractivity contribution in [1.82, 2.24) is 14.8 Å². The highest BCUT2D eigenvalue weighted by molar-refractivity contribution is 7.13. The molecule has 3 heterocycles. The molecule has 0 saturated carbocycles. The maximum atomic E-state index is 12.7. The van der Waals surface area contributed by atoms with Crippen molar-refractivity contribution in [3.05, 3.63) is 63.8 Å². The molecule has 0 aliphatic rings. The first-order valence-corrected chi connectivity index (χ1v) is 10.4. The maximum absolute atomic E-state index is 12.7. The van der Waals surface area contributed by atoms with Gasteiger partial charge in [-0.1, -0.05) is 6.07 Å². The molecule has 0 radical (unpaired) electrons. The molecule has 10 heteroatoms. The third-order valence-corrected chi connectivity index (χ3v) is 5.54. The summed E-state index contributed by atoms with van der Waals surface area (Å²) in [5, 5.41) is 21.4. The number of rotatable bonds is 7. The summed E-state index contributed by atoms with van der Waals surface area (Å²) in [6, 6.07) is 10.3. The minimum absolute atomic E-state index is 0.0962. The number of nitrogens with one attached hydrogen (secondary N) is 1. The standard InChI is InChI=1S/C21H19N5O4S/c1-3-30-14-6-7-16(17(11-14)26(28)29)23-19(27)12-25-21-20(13(2)24-25)15(8-9-22-21)18-5-4-10-31-18/h4-11H,3,12H2,1-2H3,(H,23,27). The molecule has 1 aromatic carbocycles. The van der Waals surface area contributed by atoms with Gasteiger partial charge in [0, 0.05) is 16.6 Å². The molecule has 3 aromatic heterocycles. The second-order valence-corrected chi connectivity index (χ2v) is 7.64. The van der Waals surface area contributed by atoms with Gasteiger partial charge in [0.2, 0.25) is 5.91 Å². The van der Waals surface area contributed by atoms with Crippen molar-refractivity contribution in [2.75, 3.05) is 11.9 Å². The molecule has 1 amide bonds. The summed E-state index contributed by atoms with van der Waals surface area (Å²) < 4.78 is 6.82. The van der Waals surface area contributed by atoms with Crippen molar-refractivity contribution in [2.24, 2.45) is 0 Å². The average molecular weight is 437 g/mol. The van der Waals surface area contributed by atoms with E-state index in [0.717, 1.165) is 21.5 Å². The molecular weight excluding hydrogens is 418 g/mol. The Balaban J connectivity index is 1.61. The molecule has 31 heavy (non-hydrogen) atoms. The van der Waals surface area contributed by atoms with Gasteiger partial charge in [0.05, 0.1) is 28.7 Å². The summed E-state index contributed by atoms with van der Waals surface area (Å²) in [7, 11) is 0. The highest BCUT2D eigenvalue weighted by atomic mass is 32.1. The fourth-order valence-electron chi connectivity index (χ4n) is 3.38. The number of fused-ring (bicyclic) bond motifs is 1. The molecule has 4 aromatic rings. The first-order valence-electron chi connectivity index (χ1n) is 9.55. The molecule has 0 spiro atoms. The lowest BCUT2D eigenvalue weighted by atomic mass is 10.1. The van der Waals surface area contributed by atoms with Gasteiger partial charge in [0.1, 0.15) is 18.0 Å². The molecule has 0 bridgehead atoms. The van der Waals surface area contributed by atoms with Crippen molar-refractivity contribution in [2.45, 2.75) is 20.4 Å². The lowest BCUT2D eigenvalue weighted by Gasteiger charge is -2.09. The number of ether oxygens (including phenoxy) is 1. The number of anilines is 1. The summed E-state index contributed by atoms with van der Waals surface area (Å²) in [5.41, 5.74) is 2.20. The highest BCUT2D eigenvalue weighted by Gasteiger charge is 2.20. The number of benzene rings is 1. The van der Waals surface area contributed by atoms with Crippen molar-refractivity contribution < 1.29 is 14.5 Å². The number of thiophene rings is 1. The van der Waals surface area contributed by atoms with Crippen LogP contribution in [0.5, 0.6) is 5.75 Å². The highest BCUT2D eigenvalue weighted by Crippen LogP contribution is 2.33. The number of amides is 1. The molecule has 0 aliphatic heterocycles. The van der Waals surface area contributed by atoms with Crippen LogP contribution in [0.25, 0.3) is 21.5 Å². The largest absolute Gasteiger partial charge is 0.494 e. The molecule has 0 fully saturated rings. The monoisotopic (exact) mass is 437 g/mol. The number of nitro benzene ring substituents is 1. The fourth-order valence-corrected chi connectivity index (χ4v) is 4.14. The van der Waals surface area contributed by atoms with Crippen molar-refractivity contribution >= 4 is 39.7 Å². The summed E-state index contributed by atoms with van der Waals surface area (Å²) in [6.45, 7) is 3.91. The predicted molar refractivity (Wildman–Crippen MR) is 118 cm³/mol. The molecule has 158 valence electrons. The number of aryl methyl sites for hydroxylation is 1. The van der Waals surface area contributed by atoms with Gasteiger partial charge in [0.25, 0.3) is 5.69 Å². The van der Waals surface area contributed by atoms with Crippen LogP contribution in [0.1, 0.15) is 12.6 Å². The van der Waals surface area contributed by atoms with Gasteiger partial charge in [0.15, 0.2) is 5.65 Å². The average Bonchev–Trinajstić information content (AvgIpc) is 3.38. The normalized spacial score (nSPS) is 10.9. The van der Waals surface area contributed by atoms with E-state index in [2.05, 4.69) is 15.4 Å².